The molecule has 0 radical (unpaired) electrons. The van der Waals surface area contributed by atoms with Crippen LogP contribution < -0.4 is 10.6 Å². The van der Waals surface area contributed by atoms with Gasteiger partial charge in [0.15, 0.2) is 6.29 Å². The summed E-state index contributed by atoms with van der Waals surface area (Å²) in [6.07, 6.45) is 1.15. The molecule has 7 nitrogen and oxygen atoms in total. The van der Waals surface area contributed by atoms with E-state index in [2.05, 4.69) is 15.7 Å². The number of carbonyl (C=O) groups is 1. The van der Waals surface area contributed by atoms with Crippen LogP contribution >= 0.6 is 0 Å². The lowest BCUT2D eigenvalue weighted by atomic mass is 10.6. The smallest absolute Gasteiger partial charge is 0.320 e. The summed E-state index contributed by atoms with van der Waals surface area (Å²) in [5.41, 5.74) is 0. The summed E-state index contributed by atoms with van der Waals surface area (Å²) in [6.45, 7) is 0.274. The Labute approximate surface area is 93.7 Å². The zero-order valence-corrected chi connectivity index (χ0v) is 9.56. The number of ether oxygens (including phenoxy) is 2. The van der Waals surface area contributed by atoms with Crippen molar-refractivity contribution >= 4 is 11.8 Å². The van der Waals surface area contributed by atoms with Crippen LogP contribution in [0.4, 0.5) is 10.6 Å². The molecule has 0 aliphatic heterocycles. The number of urea groups is 1. The third-order valence-electron chi connectivity index (χ3n) is 2.02. The highest BCUT2D eigenvalue weighted by molar-refractivity contribution is 5.88. The topological polar surface area (TPSA) is 77.4 Å². The lowest BCUT2D eigenvalue weighted by Crippen LogP contribution is -2.37. The minimum absolute atomic E-state index is 0.274. The van der Waals surface area contributed by atoms with Crippen LogP contribution in [0.15, 0.2) is 12.3 Å². The molecule has 90 valence electrons. The third-order valence-corrected chi connectivity index (χ3v) is 2.02. The first kappa shape index (κ1) is 12.5. The molecule has 1 rings (SSSR count). The van der Waals surface area contributed by atoms with Gasteiger partial charge in [-0.05, 0) is 0 Å². The van der Waals surface area contributed by atoms with Crippen LogP contribution in [-0.2, 0) is 16.5 Å². The minimum Gasteiger partial charge on any atom is -0.354 e. The molecular weight excluding hydrogens is 212 g/mol. The molecule has 0 fully saturated rings. The highest BCUT2D eigenvalue weighted by atomic mass is 16.7. The number of anilines is 1. The van der Waals surface area contributed by atoms with E-state index >= 15 is 0 Å². The zero-order valence-electron chi connectivity index (χ0n) is 9.56. The summed E-state index contributed by atoms with van der Waals surface area (Å²) >= 11 is 0. The Morgan fingerprint density at radius 1 is 1.56 bits per heavy atom. The maximum absolute atomic E-state index is 11.4. The second-order valence-corrected chi connectivity index (χ2v) is 3.08. The van der Waals surface area contributed by atoms with Crippen LogP contribution in [0.5, 0.6) is 0 Å². The molecule has 0 bridgehead atoms. The molecule has 0 saturated heterocycles. The van der Waals surface area contributed by atoms with Crippen molar-refractivity contribution in [1.29, 1.82) is 0 Å². The number of aromatic nitrogens is 2. The molecule has 0 aromatic carbocycles. The number of carbonyl (C=O) groups excluding carboxylic acids is 1. The molecule has 1 heterocycles. The molecule has 7 heteroatoms. The molecule has 0 unspecified atom stereocenters. The standard InChI is InChI=1S/C9H16N4O3/c1-13-7(4-5-11-13)12-9(14)10-6-8(15-2)16-3/h4-5,8H,6H2,1-3H3,(H2,10,12,14). The summed E-state index contributed by atoms with van der Waals surface area (Å²) in [4.78, 5) is 11.4. The Morgan fingerprint density at radius 3 is 2.75 bits per heavy atom. The normalized spacial score (nSPS) is 10.5. The molecule has 2 N–H and O–H groups in total. The van der Waals surface area contributed by atoms with Gasteiger partial charge < -0.3 is 14.8 Å². The van der Waals surface area contributed by atoms with Crippen LogP contribution in [0.3, 0.4) is 0 Å². The number of aryl methyl sites for hydroxylation is 1. The van der Waals surface area contributed by atoms with E-state index in [1.807, 2.05) is 0 Å². The van der Waals surface area contributed by atoms with Gasteiger partial charge in [0, 0.05) is 27.3 Å². The highest BCUT2D eigenvalue weighted by Crippen LogP contribution is 2.02. The van der Waals surface area contributed by atoms with E-state index in [1.165, 1.54) is 14.2 Å². The van der Waals surface area contributed by atoms with Crippen molar-refractivity contribution in [3.8, 4) is 0 Å². The average molecular weight is 228 g/mol. The first-order chi connectivity index (χ1) is 7.67. The summed E-state index contributed by atoms with van der Waals surface area (Å²) in [5, 5.41) is 9.16. The Hall–Kier alpha value is -1.60. The summed E-state index contributed by atoms with van der Waals surface area (Å²) in [7, 11) is 4.76. The van der Waals surface area contributed by atoms with E-state index in [1.54, 1.807) is 24.0 Å². The lowest BCUT2D eigenvalue weighted by Gasteiger charge is -2.14. The quantitative estimate of drug-likeness (QED) is 0.704. The van der Waals surface area contributed by atoms with Gasteiger partial charge in [-0.1, -0.05) is 0 Å². The van der Waals surface area contributed by atoms with Crippen molar-refractivity contribution < 1.29 is 14.3 Å². The van der Waals surface area contributed by atoms with Crippen LogP contribution in [-0.4, -0.2) is 42.9 Å². The van der Waals surface area contributed by atoms with Gasteiger partial charge in [0.25, 0.3) is 0 Å². The number of rotatable bonds is 5. The number of amides is 2. The van der Waals surface area contributed by atoms with E-state index in [4.69, 9.17) is 9.47 Å². The predicted molar refractivity (Wildman–Crippen MR) is 58.0 cm³/mol. The monoisotopic (exact) mass is 228 g/mol. The number of hydrogen-bond acceptors (Lipinski definition) is 4. The van der Waals surface area contributed by atoms with E-state index in [-0.39, 0.29) is 12.6 Å². The Kier molecular flexibility index (Phi) is 4.74. The lowest BCUT2D eigenvalue weighted by molar-refractivity contribution is -0.0970. The zero-order chi connectivity index (χ0) is 12.0. The molecule has 1 aromatic rings. The van der Waals surface area contributed by atoms with Gasteiger partial charge in [0.05, 0.1) is 12.7 Å². The average Bonchev–Trinajstić information content (AvgIpc) is 2.66. The van der Waals surface area contributed by atoms with Gasteiger partial charge in [0.2, 0.25) is 0 Å². The molecule has 0 saturated carbocycles. The van der Waals surface area contributed by atoms with Crippen molar-refractivity contribution in [2.45, 2.75) is 6.29 Å². The molecule has 1 aromatic heterocycles. The van der Waals surface area contributed by atoms with E-state index in [0.717, 1.165) is 0 Å². The van der Waals surface area contributed by atoms with Gasteiger partial charge >= 0.3 is 6.03 Å². The number of nitrogens with one attached hydrogen (secondary N) is 2. The van der Waals surface area contributed by atoms with E-state index in [9.17, 15) is 4.79 Å². The summed E-state index contributed by atoms with van der Waals surface area (Å²) in [6, 6.07) is 1.37. The first-order valence-corrected chi connectivity index (χ1v) is 4.75. The van der Waals surface area contributed by atoms with Crippen molar-refractivity contribution in [3.05, 3.63) is 12.3 Å². The molecule has 16 heavy (non-hydrogen) atoms. The van der Waals surface area contributed by atoms with Gasteiger partial charge in [-0.15, -0.1) is 0 Å². The maximum Gasteiger partial charge on any atom is 0.320 e. The first-order valence-electron chi connectivity index (χ1n) is 4.75. The molecule has 0 spiro atoms. The molecule has 0 aliphatic rings. The van der Waals surface area contributed by atoms with Gasteiger partial charge in [-0.3, -0.25) is 10.00 Å². The number of hydrogen-bond donors (Lipinski definition) is 2. The molecule has 2 amide bonds. The molecule has 0 aliphatic carbocycles. The second kappa shape index (κ2) is 6.09. The van der Waals surface area contributed by atoms with Crippen LogP contribution in [0, 0.1) is 0 Å². The fourth-order valence-electron chi connectivity index (χ4n) is 1.10. The predicted octanol–water partition coefficient (Wildman–Crippen LogP) is 0.160. The molecule has 0 atom stereocenters. The van der Waals surface area contributed by atoms with Crippen molar-refractivity contribution in [2.75, 3.05) is 26.1 Å². The molecular formula is C9H16N4O3. The van der Waals surface area contributed by atoms with E-state index in [0.29, 0.717) is 5.82 Å². The van der Waals surface area contributed by atoms with Crippen molar-refractivity contribution in [2.24, 2.45) is 7.05 Å². The number of nitrogens with zero attached hydrogens (tertiary/aromatic N) is 2. The Morgan fingerprint density at radius 2 is 2.25 bits per heavy atom. The summed E-state index contributed by atoms with van der Waals surface area (Å²) < 4.78 is 11.4. The Bertz CT molecular complexity index is 335. The van der Waals surface area contributed by atoms with Gasteiger partial charge in [-0.25, -0.2) is 4.79 Å². The third kappa shape index (κ3) is 3.52. The van der Waals surface area contributed by atoms with Gasteiger partial charge in [-0.2, -0.15) is 5.10 Å². The fourth-order valence-corrected chi connectivity index (χ4v) is 1.10. The number of methoxy groups -OCH3 is 2. The fraction of sp³-hybridized carbons (Fsp3) is 0.556. The second-order valence-electron chi connectivity index (χ2n) is 3.08. The minimum atomic E-state index is -0.447. The Balaban J connectivity index is 2.34. The summed E-state index contributed by atoms with van der Waals surface area (Å²) in [5.74, 6) is 0.615. The maximum atomic E-state index is 11.4. The van der Waals surface area contributed by atoms with Crippen LogP contribution in [0.1, 0.15) is 0 Å². The SMILES string of the molecule is COC(CNC(=O)Nc1ccnn1C)OC. The van der Waals surface area contributed by atoms with Gasteiger partial charge in [0.1, 0.15) is 5.82 Å². The highest BCUT2D eigenvalue weighted by Gasteiger charge is 2.08. The van der Waals surface area contributed by atoms with Crippen LogP contribution in [0.25, 0.3) is 0 Å². The van der Waals surface area contributed by atoms with Crippen LogP contribution in [0.2, 0.25) is 0 Å². The van der Waals surface area contributed by atoms with E-state index < -0.39 is 6.29 Å². The largest absolute Gasteiger partial charge is 0.354 e. The van der Waals surface area contributed by atoms with Crippen molar-refractivity contribution in [1.82, 2.24) is 15.1 Å². The van der Waals surface area contributed by atoms with Crippen molar-refractivity contribution in [3.63, 3.8) is 0 Å².